The maximum atomic E-state index is 12.6. The molecule has 1 aliphatic heterocycles. The number of nitrogens with one attached hydrogen (secondary N) is 2. The lowest BCUT2D eigenvalue weighted by molar-refractivity contribution is -0.151. The van der Waals surface area contributed by atoms with Crippen molar-refractivity contribution in [1.82, 2.24) is 15.5 Å². The molecule has 0 aromatic heterocycles. The van der Waals surface area contributed by atoms with Crippen molar-refractivity contribution in [3.8, 4) is 5.75 Å². The van der Waals surface area contributed by atoms with Gasteiger partial charge in [0.2, 0.25) is 5.91 Å². The molecule has 0 aliphatic carbocycles. The third kappa shape index (κ3) is 7.48. The second-order valence-electron chi connectivity index (χ2n) is 7.04. The molecule has 2 amide bonds. The van der Waals surface area contributed by atoms with Crippen molar-refractivity contribution in [1.29, 1.82) is 0 Å². The fourth-order valence-corrected chi connectivity index (χ4v) is 3.17. The Kier molecular flexibility index (Phi) is 9.67. The fourth-order valence-electron chi connectivity index (χ4n) is 2.86. The summed E-state index contributed by atoms with van der Waals surface area (Å²) in [5.41, 5.74) is 0.385. The molecular weight excluding hydrogens is 422 g/mol. The van der Waals surface area contributed by atoms with Gasteiger partial charge in [-0.25, -0.2) is 0 Å². The molecule has 1 aromatic rings. The average Bonchev–Trinajstić information content (AvgIpc) is 2.75. The lowest BCUT2D eigenvalue weighted by Gasteiger charge is -2.36. The molecule has 170 valence electrons. The van der Waals surface area contributed by atoms with E-state index in [1.807, 2.05) is 6.92 Å². The summed E-state index contributed by atoms with van der Waals surface area (Å²) in [5.74, 6) is -0.620. The van der Waals surface area contributed by atoms with Crippen LogP contribution < -0.4 is 15.4 Å². The second-order valence-corrected chi connectivity index (χ2v) is 7.42. The molecule has 0 bridgehead atoms. The predicted octanol–water partition coefficient (Wildman–Crippen LogP) is 1.26. The number of hydrogen-bond donors (Lipinski definition) is 2. The summed E-state index contributed by atoms with van der Waals surface area (Å²) in [6, 6.07) is 5.74. The molecule has 1 saturated heterocycles. The van der Waals surface area contributed by atoms with Crippen LogP contribution in [0.3, 0.4) is 0 Å². The summed E-state index contributed by atoms with van der Waals surface area (Å²) in [6.45, 7) is 5.30. The quantitative estimate of drug-likeness (QED) is 0.328. The summed E-state index contributed by atoms with van der Waals surface area (Å²) in [4.78, 5) is 38.7. The summed E-state index contributed by atoms with van der Waals surface area (Å²) in [6.07, 6.45) is 0.289. The molecule has 2 unspecified atom stereocenters. The van der Waals surface area contributed by atoms with E-state index in [0.29, 0.717) is 44.0 Å². The van der Waals surface area contributed by atoms with Crippen molar-refractivity contribution in [2.45, 2.75) is 38.8 Å². The zero-order valence-electron chi connectivity index (χ0n) is 18.0. The number of methoxy groups -OCH3 is 1. The van der Waals surface area contributed by atoms with Gasteiger partial charge in [-0.05, 0) is 49.8 Å². The van der Waals surface area contributed by atoms with E-state index in [1.54, 1.807) is 43.2 Å². The van der Waals surface area contributed by atoms with Crippen molar-refractivity contribution < 1.29 is 28.6 Å². The minimum absolute atomic E-state index is 0.0848. The van der Waals surface area contributed by atoms with Crippen LogP contribution in [-0.2, 0) is 19.1 Å². The fraction of sp³-hybridized carbons (Fsp3) is 0.524. The van der Waals surface area contributed by atoms with Gasteiger partial charge in [0.25, 0.3) is 5.91 Å². The molecule has 31 heavy (non-hydrogen) atoms. The summed E-state index contributed by atoms with van der Waals surface area (Å²) in [7, 11) is 1.59. The average molecular weight is 452 g/mol. The van der Waals surface area contributed by atoms with Gasteiger partial charge >= 0.3 is 5.97 Å². The van der Waals surface area contributed by atoms with Gasteiger partial charge < -0.3 is 24.4 Å². The topological polar surface area (TPSA) is 106 Å². The highest BCUT2D eigenvalue weighted by Crippen LogP contribution is 2.14. The smallest absolute Gasteiger partial charge is 0.308 e. The Morgan fingerprint density at radius 2 is 2.00 bits per heavy atom. The molecule has 1 aromatic carbocycles. The predicted molar refractivity (Wildman–Crippen MR) is 118 cm³/mol. The van der Waals surface area contributed by atoms with Gasteiger partial charge in [-0.2, -0.15) is 0 Å². The van der Waals surface area contributed by atoms with E-state index < -0.39 is 17.9 Å². The summed E-state index contributed by atoms with van der Waals surface area (Å²) in [5, 5.41) is 5.44. The molecule has 2 rings (SSSR count). The maximum absolute atomic E-state index is 12.6. The minimum Gasteiger partial charge on any atom is -0.491 e. The lowest BCUT2D eigenvalue weighted by atomic mass is 10.1. The van der Waals surface area contributed by atoms with E-state index in [1.165, 1.54) is 0 Å². The molecule has 0 radical (unpaired) electrons. The van der Waals surface area contributed by atoms with E-state index in [4.69, 9.17) is 26.4 Å². The second kappa shape index (κ2) is 12.2. The highest BCUT2D eigenvalue weighted by Gasteiger charge is 2.34. The first-order valence-corrected chi connectivity index (χ1v) is 10.6. The number of benzene rings is 1. The van der Waals surface area contributed by atoms with Crippen LogP contribution in [-0.4, -0.2) is 73.4 Å². The number of rotatable bonds is 9. The van der Waals surface area contributed by atoms with Crippen molar-refractivity contribution >= 4 is 35.1 Å². The Hall–Kier alpha value is -2.72. The van der Waals surface area contributed by atoms with Gasteiger partial charge in [-0.1, -0.05) is 6.92 Å². The normalized spacial score (nSPS) is 16.8. The minimum atomic E-state index is -0.838. The monoisotopic (exact) mass is 451 g/mol. The first-order chi connectivity index (χ1) is 14.8. The lowest BCUT2D eigenvalue weighted by Crippen LogP contribution is -2.60. The summed E-state index contributed by atoms with van der Waals surface area (Å²) >= 11 is 5.36. The Labute approximate surface area is 187 Å². The van der Waals surface area contributed by atoms with Crippen LogP contribution in [0.2, 0.25) is 0 Å². The Balaban J connectivity index is 1.98. The molecule has 1 aliphatic rings. The number of ether oxygens (including phenoxy) is 3. The van der Waals surface area contributed by atoms with E-state index in [9.17, 15) is 14.4 Å². The number of carbonyl (C=O) groups excluding carboxylic acids is 3. The largest absolute Gasteiger partial charge is 0.491 e. The third-order valence-corrected chi connectivity index (χ3v) is 5.09. The highest BCUT2D eigenvalue weighted by atomic mass is 32.1. The van der Waals surface area contributed by atoms with Gasteiger partial charge in [-0.3, -0.25) is 19.7 Å². The molecule has 0 saturated carbocycles. The van der Waals surface area contributed by atoms with Crippen LogP contribution in [0.15, 0.2) is 24.3 Å². The Morgan fingerprint density at radius 1 is 1.29 bits per heavy atom. The number of piperazine rings is 1. The molecule has 1 heterocycles. The first kappa shape index (κ1) is 24.5. The number of carbonyl (C=O) groups is 3. The highest BCUT2D eigenvalue weighted by molar-refractivity contribution is 7.80. The van der Waals surface area contributed by atoms with Crippen molar-refractivity contribution in [3.63, 3.8) is 0 Å². The summed E-state index contributed by atoms with van der Waals surface area (Å²) < 4.78 is 15.7. The zero-order valence-corrected chi connectivity index (χ0v) is 18.8. The van der Waals surface area contributed by atoms with Gasteiger partial charge in [0.15, 0.2) is 5.11 Å². The van der Waals surface area contributed by atoms with E-state index in [0.717, 1.165) is 0 Å². The molecule has 0 spiro atoms. The third-order valence-electron chi connectivity index (χ3n) is 4.75. The van der Waals surface area contributed by atoms with Crippen LogP contribution in [0.5, 0.6) is 5.75 Å². The van der Waals surface area contributed by atoms with Gasteiger partial charge in [-0.15, -0.1) is 0 Å². The standard InChI is InChI=1S/C21H29N3O6S/c1-4-14(2)30-18(25)13-17-20(27)22-9-10-24(17)21(31)23-19(26)15-5-7-16(8-6-15)29-12-11-28-3/h5-8,14,17H,4,9-13H2,1-3H3,(H,22,27)(H,23,26,31). The molecule has 9 nitrogen and oxygen atoms in total. The van der Waals surface area contributed by atoms with Gasteiger partial charge in [0.05, 0.1) is 19.1 Å². The molecule has 2 N–H and O–H groups in total. The van der Waals surface area contributed by atoms with Gasteiger partial charge in [0.1, 0.15) is 18.4 Å². The van der Waals surface area contributed by atoms with Crippen LogP contribution in [0, 0.1) is 0 Å². The molecular formula is C21H29N3O6S. The van der Waals surface area contributed by atoms with Gasteiger partial charge in [0, 0.05) is 25.8 Å². The van der Waals surface area contributed by atoms with Crippen LogP contribution in [0.1, 0.15) is 37.0 Å². The molecule has 1 fully saturated rings. The zero-order chi connectivity index (χ0) is 22.8. The Bertz CT molecular complexity index is 786. The SMILES string of the molecule is CCC(C)OC(=O)CC1C(=O)NCCN1C(=S)NC(=O)c1ccc(OCCOC)cc1. The first-order valence-electron chi connectivity index (χ1n) is 10.2. The van der Waals surface area contributed by atoms with Crippen LogP contribution in [0.4, 0.5) is 0 Å². The van der Waals surface area contributed by atoms with E-state index >= 15 is 0 Å². The van der Waals surface area contributed by atoms with E-state index in [-0.39, 0.29) is 23.5 Å². The Morgan fingerprint density at radius 3 is 2.65 bits per heavy atom. The van der Waals surface area contributed by atoms with Crippen molar-refractivity contribution in [2.24, 2.45) is 0 Å². The number of esters is 1. The van der Waals surface area contributed by atoms with Crippen molar-refractivity contribution in [2.75, 3.05) is 33.4 Å². The van der Waals surface area contributed by atoms with Crippen LogP contribution in [0.25, 0.3) is 0 Å². The number of nitrogens with zero attached hydrogens (tertiary/aromatic N) is 1. The van der Waals surface area contributed by atoms with Crippen molar-refractivity contribution in [3.05, 3.63) is 29.8 Å². The van der Waals surface area contributed by atoms with E-state index in [2.05, 4.69) is 10.6 Å². The van der Waals surface area contributed by atoms with Crippen LogP contribution >= 0.6 is 12.2 Å². The maximum Gasteiger partial charge on any atom is 0.308 e. The number of amides is 2. The number of hydrogen-bond acceptors (Lipinski definition) is 7. The molecule has 2 atom stereocenters. The number of thiocarbonyl (C=S) groups is 1. The molecule has 10 heteroatoms.